The van der Waals surface area contributed by atoms with Crippen LogP contribution >= 0.6 is 34.4 Å². The summed E-state index contributed by atoms with van der Waals surface area (Å²) in [6, 6.07) is 1.49. The monoisotopic (exact) mass is 396 g/mol. The molecule has 0 aliphatic rings. The van der Waals surface area contributed by atoms with E-state index in [1.807, 2.05) is 13.8 Å². The molecule has 0 aromatic carbocycles. The minimum atomic E-state index is -0.183. The maximum absolute atomic E-state index is 12.2. The largest absolute Gasteiger partial charge is 0.301 e. The first kappa shape index (κ1) is 18.0. The highest BCUT2D eigenvalue weighted by atomic mass is 32.2. The van der Waals surface area contributed by atoms with Crippen molar-refractivity contribution in [3.8, 4) is 0 Å². The summed E-state index contributed by atoms with van der Waals surface area (Å²) in [6.07, 6.45) is 0.392. The number of hydrogen-bond donors (Lipinski definition) is 1. The van der Waals surface area contributed by atoms with Gasteiger partial charge in [-0.05, 0) is 0 Å². The predicted octanol–water partition coefficient (Wildman–Crippen LogP) is 2.77. The number of nitrogens with zero attached hydrogens (tertiary/aromatic N) is 5. The fourth-order valence-corrected chi connectivity index (χ4v) is 4.43. The zero-order chi connectivity index (χ0) is 18.0. The number of thioether (sulfide) groups is 1. The lowest BCUT2D eigenvalue weighted by atomic mass is 10.2. The van der Waals surface area contributed by atoms with Gasteiger partial charge in [0.1, 0.15) is 5.01 Å². The summed E-state index contributed by atoms with van der Waals surface area (Å²) in [7, 11) is 0. The lowest BCUT2D eigenvalue weighted by Gasteiger charge is -1.98. The lowest BCUT2D eigenvalue weighted by Crippen LogP contribution is -2.15. The van der Waals surface area contributed by atoms with Gasteiger partial charge in [-0.1, -0.05) is 55.2 Å². The third kappa shape index (κ3) is 4.22. The van der Waals surface area contributed by atoms with Crippen LogP contribution in [-0.4, -0.2) is 30.7 Å². The Kier molecular flexibility index (Phi) is 5.45. The Bertz CT molecular complexity index is 961. The Morgan fingerprint density at radius 2 is 2.16 bits per heavy atom. The molecule has 0 aliphatic heterocycles. The third-order valence-electron chi connectivity index (χ3n) is 3.13. The molecule has 3 aromatic rings. The van der Waals surface area contributed by atoms with Crippen molar-refractivity contribution in [2.24, 2.45) is 0 Å². The first-order valence-corrected chi connectivity index (χ1v) is 10.2. The summed E-state index contributed by atoms with van der Waals surface area (Å²) in [6.45, 7) is 5.84. The third-order valence-corrected chi connectivity index (χ3v) is 6.34. The van der Waals surface area contributed by atoms with Crippen LogP contribution in [0.15, 0.2) is 15.2 Å². The Morgan fingerprint density at radius 1 is 1.36 bits per heavy atom. The van der Waals surface area contributed by atoms with Gasteiger partial charge in [0.2, 0.25) is 16.0 Å². The van der Waals surface area contributed by atoms with E-state index >= 15 is 0 Å². The molecule has 8 nitrogen and oxygen atoms in total. The Balaban J connectivity index is 1.73. The van der Waals surface area contributed by atoms with Crippen LogP contribution in [0.4, 0.5) is 5.13 Å². The average molecular weight is 397 g/mol. The summed E-state index contributed by atoms with van der Waals surface area (Å²) in [5.74, 6) is 0.651. The van der Waals surface area contributed by atoms with Crippen molar-refractivity contribution >= 4 is 50.4 Å². The summed E-state index contributed by atoms with van der Waals surface area (Å²) in [5, 5.41) is 16.3. The molecule has 0 unspecified atom stereocenters. The second kappa shape index (κ2) is 7.58. The van der Waals surface area contributed by atoms with E-state index in [1.54, 1.807) is 6.92 Å². The smallest absolute Gasteiger partial charge is 0.275 e. The standard InChI is InChI=1S/C14H16N6O2S3/c1-4-9(21)16-12-17-18-14(25-12)23-6-8-5-10(22)20-13(15-8)24-11(19-20)7(2)3/h5,7H,4,6H2,1-3H3,(H,16,17,21). The molecule has 3 aromatic heterocycles. The van der Waals surface area contributed by atoms with Gasteiger partial charge in [-0.25, -0.2) is 4.98 Å². The summed E-state index contributed by atoms with van der Waals surface area (Å²) in [5.41, 5.74) is 0.486. The predicted molar refractivity (Wildman–Crippen MR) is 99.6 cm³/mol. The van der Waals surface area contributed by atoms with Gasteiger partial charge in [0.25, 0.3) is 5.56 Å². The van der Waals surface area contributed by atoms with Crippen LogP contribution in [-0.2, 0) is 10.5 Å². The number of aromatic nitrogens is 5. The van der Waals surface area contributed by atoms with Crippen molar-refractivity contribution in [3.05, 3.63) is 27.1 Å². The van der Waals surface area contributed by atoms with Crippen molar-refractivity contribution in [1.82, 2.24) is 24.8 Å². The van der Waals surface area contributed by atoms with Crippen molar-refractivity contribution in [1.29, 1.82) is 0 Å². The number of rotatable bonds is 6. The fourth-order valence-electron chi connectivity index (χ4n) is 1.84. The van der Waals surface area contributed by atoms with E-state index in [1.165, 1.54) is 45.0 Å². The second-order valence-electron chi connectivity index (χ2n) is 5.44. The SMILES string of the molecule is CCC(=O)Nc1nnc(SCc2cc(=O)n3nc(C(C)C)sc3n2)s1. The normalized spacial score (nSPS) is 11.4. The maximum Gasteiger partial charge on any atom is 0.275 e. The zero-order valence-electron chi connectivity index (χ0n) is 13.8. The molecule has 0 radical (unpaired) electrons. The summed E-state index contributed by atoms with van der Waals surface area (Å²) in [4.78, 5) is 28.6. The van der Waals surface area contributed by atoms with E-state index in [-0.39, 0.29) is 17.4 Å². The summed E-state index contributed by atoms with van der Waals surface area (Å²) >= 11 is 4.15. The first-order chi connectivity index (χ1) is 12.0. The van der Waals surface area contributed by atoms with Crippen LogP contribution in [0, 0.1) is 0 Å². The molecule has 1 N–H and O–H groups in total. The first-order valence-electron chi connectivity index (χ1n) is 7.62. The van der Waals surface area contributed by atoms with E-state index < -0.39 is 0 Å². The molecule has 3 rings (SSSR count). The molecule has 11 heteroatoms. The second-order valence-corrected chi connectivity index (χ2v) is 8.63. The molecule has 0 aliphatic carbocycles. The van der Waals surface area contributed by atoms with Gasteiger partial charge in [0, 0.05) is 24.2 Å². The maximum atomic E-state index is 12.2. The fraction of sp³-hybridized carbons (Fsp3) is 0.429. The van der Waals surface area contributed by atoms with E-state index in [9.17, 15) is 9.59 Å². The van der Waals surface area contributed by atoms with Crippen LogP contribution in [0.25, 0.3) is 4.96 Å². The van der Waals surface area contributed by atoms with Gasteiger partial charge >= 0.3 is 0 Å². The Hall–Kier alpha value is -1.85. The minimum Gasteiger partial charge on any atom is -0.301 e. The zero-order valence-corrected chi connectivity index (χ0v) is 16.3. The minimum absolute atomic E-state index is 0.0982. The molecule has 0 spiro atoms. The molecular weight excluding hydrogens is 380 g/mol. The molecule has 132 valence electrons. The van der Waals surface area contributed by atoms with Crippen molar-refractivity contribution in [3.63, 3.8) is 0 Å². The number of amides is 1. The van der Waals surface area contributed by atoms with E-state index in [0.717, 1.165) is 5.01 Å². The van der Waals surface area contributed by atoms with Gasteiger partial charge in [0.15, 0.2) is 4.34 Å². The quantitative estimate of drug-likeness (QED) is 0.505. The van der Waals surface area contributed by atoms with Crippen LogP contribution < -0.4 is 10.9 Å². The summed E-state index contributed by atoms with van der Waals surface area (Å²) < 4.78 is 2.05. The molecule has 0 fully saturated rings. The number of carbonyl (C=O) groups is 1. The van der Waals surface area contributed by atoms with Gasteiger partial charge < -0.3 is 5.32 Å². The lowest BCUT2D eigenvalue weighted by molar-refractivity contribution is -0.115. The highest BCUT2D eigenvalue weighted by Crippen LogP contribution is 2.28. The highest BCUT2D eigenvalue weighted by molar-refractivity contribution is 8.00. The number of carbonyl (C=O) groups excluding carboxylic acids is 1. The van der Waals surface area contributed by atoms with E-state index in [2.05, 4.69) is 25.6 Å². The van der Waals surface area contributed by atoms with Gasteiger partial charge in [-0.2, -0.15) is 9.61 Å². The van der Waals surface area contributed by atoms with Gasteiger partial charge in [-0.15, -0.1) is 10.2 Å². The Labute approximate surface area is 155 Å². The molecule has 0 saturated carbocycles. The van der Waals surface area contributed by atoms with Crippen LogP contribution in [0.5, 0.6) is 0 Å². The van der Waals surface area contributed by atoms with Crippen LogP contribution in [0.3, 0.4) is 0 Å². The number of fused-ring (bicyclic) bond motifs is 1. The highest BCUT2D eigenvalue weighted by Gasteiger charge is 2.13. The van der Waals surface area contributed by atoms with E-state index in [0.29, 0.717) is 32.3 Å². The van der Waals surface area contributed by atoms with Crippen molar-refractivity contribution in [2.75, 3.05) is 5.32 Å². The van der Waals surface area contributed by atoms with E-state index in [4.69, 9.17) is 0 Å². The van der Waals surface area contributed by atoms with Gasteiger partial charge in [-0.3, -0.25) is 9.59 Å². The number of anilines is 1. The van der Waals surface area contributed by atoms with Crippen LogP contribution in [0.2, 0.25) is 0 Å². The number of nitrogens with one attached hydrogen (secondary N) is 1. The number of hydrogen-bond acceptors (Lipinski definition) is 9. The van der Waals surface area contributed by atoms with Crippen molar-refractivity contribution in [2.45, 2.75) is 43.2 Å². The molecule has 3 heterocycles. The topological polar surface area (TPSA) is 102 Å². The Morgan fingerprint density at radius 3 is 2.88 bits per heavy atom. The van der Waals surface area contributed by atoms with Crippen LogP contribution in [0.1, 0.15) is 43.8 Å². The molecule has 0 atom stereocenters. The molecule has 25 heavy (non-hydrogen) atoms. The van der Waals surface area contributed by atoms with Gasteiger partial charge in [0.05, 0.1) is 5.69 Å². The molecule has 0 saturated heterocycles. The molecule has 0 bridgehead atoms. The van der Waals surface area contributed by atoms with Crippen molar-refractivity contribution < 1.29 is 4.79 Å². The average Bonchev–Trinajstić information content (AvgIpc) is 3.19. The molecular formula is C14H16N6O2S3. The molecule has 1 amide bonds.